The molecule has 0 bridgehead atoms. The maximum absolute atomic E-state index is 10.7. The van der Waals surface area contributed by atoms with E-state index < -0.39 is 5.97 Å². The van der Waals surface area contributed by atoms with Crippen LogP contribution in [0.2, 0.25) is 5.02 Å². The van der Waals surface area contributed by atoms with Crippen LogP contribution in [0.15, 0.2) is 23.4 Å². The average molecular weight is 424 g/mol. The van der Waals surface area contributed by atoms with Crippen LogP contribution in [0.3, 0.4) is 0 Å². The van der Waals surface area contributed by atoms with Crippen LogP contribution in [-0.2, 0) is 11.2 Å². The summed E-state index contributed by atoms with van der Waals surface area (Å²) in [4.78, 5) is 10.7. The van der Waals surface area contributed by atoms with Gasteiger partial charge in [0, 0.05) is 9.99 Å². The third kappa shape index (κ3) is 3.44. The molecule has 20 heavy (non-hydrogen) atoms. The van der Waals surface area contributed by atoms with E-state index in [1.807, 2.05) is 29.7 Å². The number of nitrogens with zero attached hydrogens (tertiary/aromatic N) is 3. The second-order valence-corrected chi connectivity index (χ2v) is 6.46. The van der Waals surface area contributed by atoms with Crippen molar-refractivity contribution in [3.63, 3.8) is 0 Å². The van der Waals surface area contributed by atoms with E-state index in [4.69, 9.17) is 16.7 Å². The first-order chi connectivity index (χ1) is 9.52. The van der Waals surface area contributed by atoms with Crippen LogP contribution in [-0.4, -0.2) is 31.6 Å². The van der Waals surface area contributed by atoms with Gasteiger partial charge in [0.2, 0.25) is 0 Å². The van der Waals surface area contributed by atoms with Gasteiger partial charge in [-0.3, -0.25) is 9.36 Å². The van der Waals surface area contributed by atoms with Gasteiger partial charge in [-0.1, -0.05) is 30.3 Å². The maximum Gasteiger partial charge on any atom is 0.313 e. The molecule has 5 nitrogen and oxygen atoms in total. The lowest BCUT2D eigenvalue weighted by Gasteiger charge is -2.11. The molecule has 2 aromatic rings. The first-order valence-corrected chi connectivity index (χ1v) is 8.21. The minimum Gasteiger partial charge on any atom is -0.481 e. The Morgan fingerprint density at radius 3 is 2.85 bits per heavy atom. The highest BCUT2D eigenvalue weighted by atomic mass is 127. The molecular formula is C12H11ClIN3O2S. The molecule has 8 heteroatoms. The van der Waals surface area contributed by atoms with Gasteiger partial charge in [-0.05, 0) is 40.8 Å². The third-order valence-corrected chi connectivity index (χ3v) is 4.38. The largest absolute Gasteiger partial charge is 0.481 e. The van der Waals surface area contributed by atoms with E-state index in [0.29, 0.717) is 16.6 Å². The number of carboxylic acids is 1. The highest BCUT2D eigenvalue weighted by Gasteiger charge is 2.16. The Kier molecular flexibility index (Phi) is 5.28. The molecule has 0 aliphatic heterocycles. The zero-order chi connectivity index (χ0) is 14.7. The number of aryl methyl sites for hydroxylation is 1. The Labute approximate surface area is 138 Å². The van der Waals surface area contributed by atoms with Crippen LogP contribution < -0.4 is 0 Å². The molecule has 0 unspecified atom stereocenters. The van der Waals surface area contributed by atoms with Crippen molar-refractivity contribution in [3.8, 4) is 5.69 Å². The van der Waals surface area contributed by atoms with Crippen molar-refractivity contribution in [1.29, 1.82) is 0 Å². The highest BCUT2D eigenvalue weighted by molar-refractivity contribution is 14.1. The van der Waals surface area contributed by atoms with Crippen molar-refractivity contribution in [2.45, 2.75) is 18.5 Å². The molecule has 106 valence electrons. The summed E-state index contributed by atoms with van der Waals surface area (Å²) in [5, 5.41) is 18.0. The number of hydrogen-bond acceptors (Lipinski definition) is 4. The fraction of sp³-hybridized carbons (Fsp3) is 0.250. The predicted molar refractivity (Wildman–Crippen MR) is 86.8 cm³/mol. The summed E-state index contributed by atoms with van der Waals surface area (Å²) in [7, 11) is 0. The van der Waals surface area contributed by atoms with Crippen LogP contribution in [0.5, 0.6) is 0 Å². The van der Waals surface area contributed by atoms with Gasteiger partial charge in [0.05, 0.1) is 16.5 Å². The molecule has 0 saturated carbocycles. The quantitative estimate of drug-likeness (QED) is 0.590. The van der Waals surface area contributed by atoms with Gasteiger partial charge in [-0.25, -0.2) is 0 Å². The van der Waals surface area contributed by atoms with Gasteiger partial charge in [-0.15, -0.1) is 10.2 Å². The van der Waals surface area contributed by atoms with Gasteiger partial charge >= 0.3 is 5.97 Å². The van der Waals surface area contributed by atoms with Crippen molar-refractivity contribution in [1.82, 2.24) is 14.8 Å². The van der Waals surface area contributed by atoms with E-state index in [9.17, 15) is 4.79 Å². The van der Waals surface area contributed by atoms with Crippen LogP contribution in [0.4, 0.5) is 0 Å². The number of aromatic nitrogens is 3. The van der Waals surface area contributed by atoms with E-state index in [2.05, 4.69) is 32.8 Å². The number of carboxylic acid groups (broad SMARTS) is 1. The fourth-order valence-electron chi connectivity index (χ4n) is 1.65. The van der Waals surface area contributed by atoms with E-state index in [0.717, 1.165) is 26.8 Å². The van der Waals surface area contributed by atoms with Gasteiger partial charge < -0.3 is 5.11 Å². The maximum atomic E-state index is 10.7. The van der Waals surface area contributed by atoms with Crippen molar-refractivity contribution < 1.29 is 9.90 Å². The molecule has 1 aromatic carbocycles. The van der Waals surface area contributed by atoms with Gasteiger partial charge in [-0.2, -0.15) is 0 Å². The van der Waals surface area contributed by atoms with E-state index in [-0.39, 0.29) is 5.75 Å². The number of thioether (sulfide) groups is 1. The molecule has 0 aliphatic carbocycles. The minimum absolute atomic E-state index is 0.0656. The fourth-order valence-corrected chi connectivity index (χ4v) is 3.28. The lowest BCUT2D eigenvalue weighted by atomic mass is 10.3. The second-order valence-electron chi connectivity index (χ2n) is 3.87. The summed E-state index contributed by atoms with van der Waals surface area (Å²) in [6, 6.07) is 5.67. The summed E-state index contributed by atoms with van der Waals surface area (Å²) < 4.78 is 2.84. The molecule has 0 atom stereocenters. The smallest absolute Gasteiger partial charge is 0.313 e. The molecule has 0 radical (unpaired) electrons. The van der Waals surface area contributed by atoms with Gasteiger partial charge in [0.1, 0.15) is 5.82 Å². The molecule has 1 aromatic heterocycles. The van der Waals surface area contributed by atoms with Crippen LogP contribution >= 0.6 is 46.0 Å². The molecule has 0 aliphatic rings. The van der Waals surface area contributed by atoms with Crippen LogP contribution in [0, 0.1) is 3.57 Å². The summed E-state index contributed by atoms with van der Waals surface area (Å²) in [6.07, 6.45) is 0.683. The molecule has 1 heterocycles. The summed E-state index contributed by atoms with van der Waals surface area (Å²) >= 11 is 9.59. The highest BCUT2D eigenvalue weighted by Crippen LogP contribution is 2.28. The van der Waals surface area contributed by atoms with Gasteiger partial charge in [0.25, 0.3) is 0 Å². The first-order valence-electron chi connectivity index (χ1n) is 5.77. The summed E-state index contributed by atoms with van der Waals surface area (Å²) in [6.45, 7) is 1.97. The standard InChI is InChI=1S/C12H11ClIN3O2S/c1-2-10-15-16-12(20-6-11(18)19)17(10)9-4-3-7(14)5-8(9)13/h3-5H,2,6H2,1H3,(H,18,19). The zero-order valence-electron chi connectivity index (χ0n) is 10.5. The number of hydrogen-bond donors (Lipinski definition) is 1. The minimum atomic E-state index is -0.892. The Morgan fingerprint density at radius 1 is 1.50 bits per heavy atom. The molecule has 0 spiro atoms. The number of benzene rings is 1. The number of carbonyl (C=O) groups is 1. The molecule has 0 amide bonds. The Hall–Kier alpha value is -0.800. The molecular weight excluding hydrogens is 413 g/mol. The van der Waals surface area contributed by atoms with Gasteiger partial charge in [0.15, 0.2) is 5.16 Å². The molecule has 0 saturated heterocycles. The van der Waals surface area contributed by atoms with E-state index in [1.165, 1.54) is 0 Å². The van der Waals surface area contributed by atoms with E-state index >= 15 is 0 Å². The normalized spacial score (nSPS) is 10.8. The molecule has 2 rings (SSSR count). The lowest BCUT2D eigenvalue weighted by molar-refractivity contribution is -0.133. The van der Waals surface area contributed by atoms with Crippen LogP contribution in [0.1, 0.15) is 12.7 Å². The Bertz CT molecular complexity index is 648. The summed E-state index contributed by atoms with van der Waals surface area (Å²) in [5.74, 6) is -0.207. The Morgan fingerprint density at radius 2 is 2.25 bits per heavy atom. The summed E-state index contributed by atoms with van der Waals surface area (Å²) in [5.41, 5.74) is 0.766. The van der Waals surface area contributed by atoms with Crippen molar-refractivity contribution >= 4 is 51.9 Å². The Balaban J connectivity index is 2.47. The van der Waals surface area contributed by atoms with Crippen molar-refractivity contribution in [2.75, 3.05) is 5.75 Å². The molecule has 0 fully saturated rings. The average Bonchev–Trinajstić information content (AvgIpc) is 2.79. The number of rotatable bonds is 5. The number of aliphatic carboxylic acids is 1. The van der Waals surface area contributed by atoms with Crippen LogP contribution in [0.25, 0.3) is 5.69 Å². The SMILES string of the molecule is CCc1nnc(SCC(=O)O)n1-c1ccc(I)cc1Cl. The van der Waals surface area contributed by atoms with Crippen molar-refractivity contribution in [2.24, 2.45) is 0 Å². The molecule has 1 N–H and O–H groups in total. The lowest BCUT2D eigenvalue weighted by Crippen LogP contribution is -2.05. The zero-order valence-corrected chi connectivity index (χ0v) is 14.2. The predicted octanol–water partition coefficient (Wildman–Crippen LogP) is 3.26. The number of halogens is 2. The first kappa shape index (κ1) is 15.6. The van der Waals surface area contributed by atoms with Crippen molar-refractivity contribution in [3.05, 3.63) is 32.6 Å². The topological polar surface area (TPSA) is 68.0 Å². The third-order valence-electron chi connectivity index (χ3n) is 2.49. The monoisotopic (exact) mass is 423 g/mol. The van der Waals surface area contributed by atoms with E-state index in [1.54, 1.807) is 0 Å². The second kappa shape index (κ2) is 6.77.